The van der Waals surface area contributed by atoms with Crippen LogP contribution >= 0.6 is 0 Å². The molecule has 0 aliphatic carbocycles. The molecule has 0 radical (unpaired) electrons. The second kappa shape index (κ2) is 5.86. The van der Waals surface area contributed by atoms with Gasteiger partial charge in [0.15, 0.2) is 0 Å². The molecule has 2 rings (SSSR count). The Morgan fingerprint density at radius 1 is 1.56 bits per heavy atom. The van der Waals surface area contributed by atoms with Gasteiger partial charge in [-0.05, 0) is 31.5 Å². The predicted molar refractivity (Wildman–Crippen MR) is 69.6 cm³/mol. The van der Waals surface area contributed by atoms with E-state index in [1.807, 2.05) is 6.92 Å². The first-order chi connectivity index (χ1) is 8.64. The van der Waals surface area contributed by atoms with Gasteiger partial charge in [-0.1, -0.05) is 6.92 Å². The number of furan rings is 1. The van der Waals surface area contributed by atoms with Crippen molar-refractivity contribution in [2.24, 2.45) is 0 Å². The van der Waals surface area contributed by atoms with E-state index in [1.165, 1.54) is 4.31 Å². The maximum Gasteiger partial charge on any atom is 0.218 e. The van der Waals surface area contributed by atoms with Crippen molar-refractivity contribution in [1.82, 2.24) is 9.62 Å². The molecule has 6 heteroatoms. The number of nitrogens with one attached hydrogen (secondary N) is 1. The van der Waals surface area contributed by atoms with Gasteiger partial charge in [0, 0.05) is 13.1 Å². The zero-order valence-electron chi connectivity index (χ0n) is 10.6. The van der Waals surface area contributed by atoms with Crippen LogP contribution in [0.4, 0.5) is 0 Å². The summed E-state index contributed by atoms with van der Waals surface area (Å²) in [5, 5.41) is 2.85. The van der Waals surface area contributed by atoms with Crippen molar-refractivity contribution in [2.45, 2.75) is 31.6 Å². The highest BCUT2D eigenvalue weighted by molar-refractivity contribution is 7.89. The van der Waals surface area contributed by atoms with E-state index in [0.717, 1.165) is 19.4 Å². The van der Waals surface area contributed by atoms with Gasteiger partial charge in [0.05, 0.1) is 18.1 Å². The van der Waals surface area contributed by atoms with Crippen molar-refractivity contribution in [2.75, 3.05) is 19.6 Å². The van der Waals surface area contributed by atoms with Crippen LogP contribution in [0.5, 0.6) is 0 Å². The molecule has 0 bridgehead atoms. The summed E-state index contributed by atoms with van der Waals surface area (Å²) in [5.74, 6) is 0.684. The molecule has 1 fully saturated rings. The Bertz CT molecular complexity index is 450. The van der Waals surface area contributed by atoms with E-state index in [1.54, 1.807) is 18.4 Å². The fraction of sp³-hybridized carbons (Fsp3) is 0.667. The Kier molecular flexibility index (Phi) is 4.42. The Morgan fingerprint density at radius 2 is 2.39 bits per heavy atom. The number of sulfonamides is 1. The Labute approximate surface area is 108 Å². The number of piperidine rings is 1. The third-order valence-electron chi connectivity index (χ3n) is 3.30. The van der Waals surface area contributed by atoms with Crippen LogP contribution in [0.3, 0.4) is 0 Å². The quantitative estimate of drug-likeness (QED) is 0.874. The standard InChI is InChI=1S/C12H20N2O3S/c1-2-14(10-11-5-4-8-17-11)18(15,16)12-6-3-7-13-9-12/h4-5,8,12-13H,2-3,6-7,9-10H2,1H3. The average Bonchev–Trinajstić information content (AvgIpc) is 2.89. The van der Waals surface area contributed by atoms with Gasteiger partial charge in [-0.3, -0.25) is 0 Å². The molecule has 5 nitrogen and oxygen atoms in total. The lowest BCUT2D eigenvalue weighted by Gasteiger charge is -2.28. The largest absolute Gasteiger partial charge is 0.468 e. The van der Waals surface area contributed by atoms with Crippen LogP contribution < -0.4 is 5.32 Å². The molecular formula is C12H20N2O3S. The number of rotatable bonds is 5. The van der Waals surface area contributed by atoms with E-state index in [0.29, 0.717) is 25.4 Å². The predicted octanol–water partition coefficient (Wildman–Crippen LogP) is 1.18. The van der Waals surface area contributed by atoms with Gasteiger partial charge in [-0.25, -0.2) is 8.42 Å². The Hall–Kier alpha value is -0.850. The van der Waals surface area contributed by atoms with Crippen molar-refractivity contribution in [3.8, 4) is 0 Å². The van der Waals surface area contributed by atoms with Gasteiger partial charge in [0.25, 0.3) is 0 Å². The number of hydrogen-bond donors (Lipinski definition) is 1. The summed E-state index contributed by atoms with van der Waals surface area (Å²) in [6.07, 6.45) is 3.23. The molecule has 1 aromatic rings. The minimum Gasteiger partial charge on any atom is -0.468 e. The molecule has 0 spiro atoms. The molecular weight excluding hydrogens is 252 g/mol. The van der Waals surface area contributed by atoms with Gasteiger partial charge in [0.2, 0.25) is 10.0 Å². The molecule has 1 saturated heterocycles. The summed E-state index contributed by atoms with van der Waals surface area (Å²) in [6, 6.07) is 3.58. The van der Waals surface area contributed by atoms with Crippen LogP contribution in [0, 0.1) is 0 Å². The van der Waals surface area contributed by atoms with Crippen molar-refractivity contribution in [1.29, 1.82) is 0 Å². The van der Waals surface area contributed by atoms with E-state index in [9.17, 15) is 8.42 Å². The lowest BCUT2D eigenvalue weighted by molar-refractivity contribution is 0.363. The van der Waals surface area contributed by atoms with E-state index in [2.05, 4.69) is 5.32 Å². The molecule has 1 unspecified atom stereocenters. The molecule has 1 aliphatic heterocycles. The van der Waals surface area contributed by atoms with Gasteiger partial charge < -0.3 is 9.73 Å². The first-order valence-corrected chi connectivity index (χ1v) is 7.87. The summed E-state index contributed by atoms with van der Waals surface area (Å²) < 4.78 is 31.7. The topological polar surface area (TPSA) is 62.6 Å². The highest BCUT2D eigenvalue weighted by Crippen LogP contribution is 2.18. The number of nitrogens with zero attached hydrogens (tertiary/aromatic N) is 1. The summed E-state index contributed by atoms with van der Waals surface area (Å²) >= 11 is 0. The molecule has 0 amide bonds. The van der Waals surface area contributed by atoms with Crippen LogP contribution in [-0.4, -0.2) is 37.6 Å². The maximum atomic E-state index is 12.5. The first-order valence-electron chi connectivity index (χ1n) is 6.36. The molecule has 1 N–H and O–H groups in total. The molecule has 0 saturated carbocycles. The van der Waals surface area contributed by atoms with E-state index in [4.69, 9.17) is 4.42 Å². The molecule has 0 aromatic carbocycles. The lowest BCUT2D eigenvalue weighted by atomic mass is 10.2. The van der Waals surface area contributed by atoms with Gasteiger partial charge in [-0.2, -0.15) is 4.31 Å². The van der Waals surface area contributed by atoms with Crippen molar-refractivity contribution < 1.29 is 12.8 Å². The Morgan fingerprint density at radius 3 is 2.94 bits per heavy atom. The van der Waals surface area contributed by atoms with Crippen LogP contribution in [0.1, 0.15) is 25.5 Å². The monoisotopic (exact) mass is 272 g/mol. The zero-order chi connectivity index (χ0) is 13.0. The van der Waals surface area contributed by atoms with Crippen LogP contribution in [0.15, 0.2) is 22.8 Å². The first kappa shape index (κ1) is 13.6. The molecule has 102 valence electrons. The van der Waals surface area contributed by atoms with Gasteiger partial charge >= 0.3 is 0 Å². The van der Waals surface area contributed by atoms with E-state index in [-0.39, 0.29) is 5.25 Å². The smallest absolute Gasteiger partial charge is 0.218 e. The molecule has 18 heavy (non-hydrogen) atoms. The van der Waals surface area contributed by atoms with Crippen molar-refractivity contribution in [3.05, 3.63) is 24.2 Å². The normalized spacial score (nSPS) is 21.3. The van der Waals surface area contributed by atoms with Gasteiger partial charge in [-0.15, -0.1) is 0 Å². The van der Waals surface area contributed by atoms with E-state index < -0.39 is 10.0 Å². The second-order valence-corrected chi connectivity index (χ2v) is 6.73. The summed E-state index contributed by atoms with van der Waals surface area (Å²) in [4.78, 5) is 0. The maximum absolute atomic E-state index is 12.5. The van der Waals surface area contributed by atoms with Crippen LogP contribution in [-0.2, 0) is 16.6 Å². The molecule has 2 heterocycles. The fourth-order valence-electron chi connectivity index (χ4n) is 2.24. The minimum absolute atomic E-state index is 0.304. The Balaban J connectivity index is 2.10. The number of hydrogen-bond acceptors (Lipinski definition) is 4. The summed E-state index contributed by atoms with van der Waals surface area (Å²) in [6.45, 7) is 4.12. The SMILES string of the molecule is CCN(Cc1ccco1)S(=O)(=O)C1CCCNC1. The third kappa shape index (κ3) is 2.93. The second-order valence-electron chi connectivity index (χ2n) is 4.52. The lowest BCUT2D eigenvalue weighted by Crippen LogP contribution is -2.45. The van der Waals surface area contributed by atoms with Gasteiger partial charge in [0.1, 0.15) is 5.76 Å². The third-order valence-corrected chi connectivity index (χ3v) is 5.65. The highest BCUT2D eigenvalue weighted by atomic mass is 32.2. The highest BCUT2D eigenvalue weighted by Gasteiger charge is 2.32. The van der Waals surface area contributed by atoms with Crippen LogP contribution in [0.2, 0.25) is 0 Å². The average molecular weight is 272 g/mol. The minimum atomic E-state index is -3.24. The van der Waals surface area contributed by atoms with Crippen molar-refractivity contribution >= 4 is 10.0 Å². The zero-order valence-corrected chi connectivity index (χ0v) is 11.4. The van der Waals surface area contributed by atoms with E-state index >= 15 is 0 Å². The molecule has 1 aliphatic rings. The molecule has 1 atom stereocenters. The summed E-state index contributed by atoms with van der Waals surface area (Å²) in [7, 11) is -3.24. The fourth-order valence-corrected chi connectivity index (χ4v) is 4.12. The molecule has 1 aromatic heterocycles. The van der Waals surface area contributed by atoms with Crippen LogP contribution in [0.25, 0.3) is 0 Å². The summed E-state index contributed by atoms with van der Waals surface area (Å²) in [5.41, 5.74) is 0. The van der Waals surface area contributed by atoms with Crippen molar-refractivity contribution in [3.63, 3.8) is 0 Å².